The molecule has 172 valence electrons. The van der Waals surface area contributed by atoms with E-state index in [0.29, 0.717) is 32.7 Å². The summed E-state index contributed by atoms with van der Waals surface area (Å²) in [6, 6.07) is 12.8. The molecule has 1 aliphatic rings. The fraction of sp³-hybridized carbons (Fsp3) is 0.364. The quantitative estimate of drug-likeness (QED) is 0.655. The van der Waals surface area contributed by atoms with Gasteiger partial charge in [0.25, 0.3) is 0 Å². The summed E-state index contributed by atoms with van der Waals surface area (Å²) < 4.78 is 39.5. The lowest BCUT2D eigenvalue weighted by atomic mass is 10.1. The van der Waals surface area contributed by atoms with E-state index >= 15 is 0 Å². The molecular formula is C22H24ClF3N4O2. The van der Waals surface area contributed by atoms with Gasteiger partial charge in [0.15, 0.2) is 0 Å². The molecule has 1 aliphatic heterocycles. The summed E-state index contributed by atoms with van der Waals surface area (Å²) in [6.45, 7) is 2.92. The molecule has 2 aromatic rings. The molecule has 0 saturated carbocycles. The van der Waals surface area contributed by atoms with Gasteiger partial charge >= 0.3 is 6.18 Å². The number of amides is 2. The first-order valence-corrected chi connectivity index (χ1v) is 10.5. The molecule has 2 amide bonds. The van der Waals surface area contributed by atoms with Gasteiger partial charge in [0, 0.05) is 37.7 Å². The zero-order valence-electron chi connectivity index (χ0n) is 17.3. The van der Waals surface area contributed by atoms with Crippen molar-refractivity contribution >= 4 is 29.1 Å². The minimum absolute atomic E-state index is 0.0338. The van der Waals surface area contributed by atoms with Crippen LogP contribution in [0, 0.1) is 0 Å². The van der Waals surface area contributed by atoms with Gasteiger partial charge in [-0.2, -0.15) is 13.2 Å². The Morgan fingerprint density at radius 2 is 1.50 bits per heavy atom. The van der Waals surface area contributed by atoms with E-state index < -0.39 is 17.6 Å². The van der Waals surface area contributed by atoms with Crippen LogP contribution in [-0.4, -0.2) is 60.9 Å². The van der Waals surface area contributed by atoms with Crippen LogP contribution in [0.4, 0.5) is 18.9 Å². The van der Waals surface area contributed by atoms with Gasteiger partial charge in [-0.15, -0.1) is 0 Å². The van der Waals surface area contributed by atoms with Crippen LogP contribution in [0.3, 0.4) is 0 Å². The Labute approximate surface area is 189 Å². The van der Waals surface area contributed by atoms with E-state index in [4.69, 9.17) is 11.6 Å². The maximum absolute atomic E-state index is 13.2. The minimum atomic E-state index is -4.62. The van der Waals surface area contributed by atoms with Gasteiger partial charge in [-0.25, -0.2) is 0 Å². The minimum Gasteiger partial charge on any atom is -0.351 e. The monoisotopic (exact) mass is 468 g/mol. The predicted octanol–water partition coefficient (Wildman–Crippen LogP) is 3.23. The molecule has 10 heteroatoms. The number of nitrogens with zero attached hydrogens (tertiary/aromatic N) is 2. The van der Waals surface area contributed by atoms with Crippen LogP contribution in [0.25, 0.3) is 0 Å². The summed E-state index contributed by atoms with van der Waals surface area (Å²) in [7, 11) is 0. The molecule has 32 heavy (non-hydrogen) atoms. The van der Waals surface area contributed by atoms with Gasteiger partial charge in [-0.05, 0) is 23.8 Å². The second-order valence-electron chi connectivity index (χ2n) is 7.55. The van der Waals surface area contributed by atoms with Crippen LogP contribution in [-0.2, 0) is 22.3 Å². The summed E-state index contributed by atoms with van der Waals surface area (Å²) >= 11 is 5.66. The number of rotatable bonds is 7. The number of halogens is 4. The molecule has 6 nitrogen and oxygen atoms in total. The highest BCUT2D eigenvalue weighted by Crippen LogP contribution is 2.36. The molecule has 2 N–H and O–H groups in total. The van der Waals surface area contributed by atoms with Crippen molar-refractivity contribution in [2.24, 2.45) is 0 Å². The first-order valence-electron chi connectivity index (χ1n) is 10.1. The van der Waals surface area contributed by atoms with Crippen molar-refractivity contribution in [2.75, 3.05) is 44.6 Å². The summed E-state index contributed by atoms with van der Waals surface area (Å²) in [5.41, 5.74) is -0.281. The maximum atomic E-state index is 13.2. The number of hydrogen-bond acceptors (Lipinski definition) is 4. The van der Waals surface area contributed by atoms with Gasteiger partial charge in [0.1, 0.15) is 0 Å². The first-order chi connectivity index (χ1) is 15.2. The van der Waals surface area contributed by atoms with Gasteiger partial charge in [0.2, 0.25) is 11.8 Å². The molecule has 0 atom stereocenters. The lowest BCUT2D eigenvalue weighted by Crippen LogP contribution is -2.51. The van der Waals surface area contributed by atoms with Gasteiger partial charge < -0.3 is 10.6 Å². The third-order valence-electron chi connectivity index (χ3n) is 5.09. The summed E-state index contributed by atoms with van der Waals surface area (Å²) in [6.07, 6.45) is -4.62. The first kappa shape index (κ1) is 24.0. The SMILES string of the molecule is O=C(CN1CCN(CC(=O)Nc2ccc(Cl)cc2C(F)(F)F)CC1)NCc1ccccc1. The van der Waals surface area contributed by atoms with Crippen molar-refractivity contribution in [3.8, 4) is 0 Å². The van der Waals surface area contributed by atoms with E-state index in [-0.39, 0.29) is 29.7 Å². The van der Waals surface area contributed by atoms with Crippen molar-refractivity contribution in [2.45, 2.75) is 12.7 Å². The fourth-order valence-corrected chi connectivity index (χ4v) is 3.59. The lowest BCUT2D eigenvalue weighted by Gasteiger charge is -2.33. The zero-order chi connectivity index (χ0) is 23.1. The molecule has 1 heterocycles. The van der Waals surface area contributed by atoms with E-state index in [1.54, 1.807) is 0 Å². The third-order valence-corrected chi connectivity index (χ3v) is 5.33. The molecule has 0 aliphatic carbocycles. The summed E-state index contributed by atoms with van der Waals surface area (Å²) in [5.74, 6) is -0.616. The predicted molar refractivity (Wildman–Crippen MR) is 116 cm³/mol. The van der Waals surface area contributed by atoms with E-state index in [0.717, 1.165) is 17.7 Å². The normalized spacial score (nSPS) is 15.4. The largest absolute Gasteiger partial charge is 0.418 e. The Kier molecular flexibility index (Phi) is 8.11. The van der Waals surface area contributed by atoms with Crippen molar-refractivity contribution < 1.29 is 22.8 Å². The molecule has 0 spiro atoms. The maximum Gasteiger partial charge on any atom is 0.418 e. The standard InChI is InChI=1S/C22H24ClF3N4O2/c23-17-6-7-19(18(12-17)22(24,25)26)28-21(32)15-30-10-8-29(9-11-30)14-20(31)27-13-16-4-2-1-3-5-16/h1-7,12H,8-11,13-15H2,(H,27,31)(H,28,32). The Morgan fingerprint density at radius 1 is 0.906 bits per heavy atom. The van der Waals surface area contributed by atoms with Crippen LogP contribution in [0.2, 0.25) is 5.02 Å². The topological polar surface area (TPSA) is 64.7 Å². The van der Waals surface area contributed by atoms with E-state index in [9.17, 15) is 22.8 Å². The molecule has 0 unspecified atom stereocenters. The second kappa shape index (κ2) is 10.8. The van der Waals surface area contributed by atoms with E-state index in [2.05, 4.69) is 10.6 Å². The average molecular weight is 469 g/mol. The Bertz CT molecular complexity index is 933. The highest BCUT2D eigenvalue weighted by molar-refractivity contribution is 6.30. The van der Waals surface area contributed by atoms with E-state index in [1.165, 1.54) is 6.07 Å². The summed E-state index contributed by atoms with van der Waals surface area (Å²) in [4.78, 5) is 28.3. The summed E-state index contributed by atoms with van der Waals surface area (Å²) in [5, 5.41) is 5.15. The molecule has 0 radical (unpaired) electrons. The Morgan fingerprint density at radius 3 is 2.09 bits per heavy atom. The molecule has 0 bridgehead atoms. The lowest BCUT2D eigenvalue weighted by molar-refractivity contribution is -0.137. The van der Waals surface area contributed by atoms with Crippen LogP contribution in [0.5, 0.6) is 0 Å². The molecule has 0 aromatic heterocycles. The molecule has 1 saturated heterocycles. The highest BCUT2D eigenvalue weighted by atomic mass is 35.5. The number of benzene rings is 2. The average Bonchev–Trinajstić information content (AvgIpc) is 2.75. The Balaban J connectivity index is 1.42. The number of anilines is 1. The van der Waals surface area contributed by atoms with Crippen LogP contribution in [0.1, 0.15) is 11.1 Å². The van der Waals surface area contributed by atoms with Gasteiger partial charge in [0.05, 0.1) is 24.3 Å². The van der Waals surface area contributed by atoms with Crippen LogP contribution >= 0.6 is 11.6 Å². The molecule has 1 fully saturated rings. The number of alkyl halides is 3. The zero-order valence-corrected chi connectivity index (χ0v) is 18.0. The number of hydrogen-bond donors (Lipinski definition) is 2. The van der Waals surface area contributed by atoms with Gasteiger partial charge in [-0.1, -0.05) is 41.9 Å². The molecule has 3 rings (SSSR count). The number of carbonyl (C=O) groups excluding carboxylic acids is 2. The smallest absolute Gasteiger partial charge is 0.351 e. The van der Waals surface area contributed by atoms with Gasteiger partial charge in [-0.3, -0.25) is 19.4 Å². The fourth-order valence-electron chi connectivity index (χ4n) is 3.41. The molecule has 2 aromatic carbocycles. The third kappa shape index (κ3) is 7.22. The number of piperazine rings is 1. The highest BCUT2D eigenvalue weighted by Gasteiger charge is 2.34. The number of nitrogens with one attached hydrogen (secondary N) is 2. The number of carbonyl (C=O) groups is 2. The van der Waals surface area contributed by atoms with Crippen molar-refractivity contribution in [3.05, 3.63) is 64.7 Å². The van der Waals surface area contributed by atoms with Crippen molar-refractivity contribution in [1.29, 1.82) is 0 Å². The second-order valence-corrected chi connectivity index (χ2v) is 7.99. The van der Waals surface area contributed by atoms with Crippen molar-refractivity contribution in [1.82, 2.24) is 15.1 Å². The van der Waals surface area contributed by atoms with Crippen LogP contribution in [0.15, 0.2) is 48.5 Å². The molecular weight excluding hydrogens is 445 g/mol. The van der Waals surface area contributed by atoms with Crippen molar-refractivity contribution in [3.63, 3.8) is 0 Å². The van der Waals surface area contributed by atoms with E-state index in [1.807, 2.05) is 40.1 Å². The Hall–Kier alpha value is -2.62. The van der Waals surface area contributed by atoms with Crippen LogP contribution < -0.4 is 10.6 Å².